The fraction of sp³-hybridized carbons (Fsp3) is 0.389. The lowest BCUT2D eigenvalue weighted by Crippen LogP contribution is -2.46. The molecule has 132 valence electrons. The molecule has 0 atom stereocenters. The van der Waals surface area contributed by atoms with Gasteiger partial charge in [0.1, 0.15) is 18.0 Å². The zero-order chi connectivity index (χ0) is 17.6. The third-order valence-corrected chi connectivity index (χ3v) is 4.39. The highest BCUT2D eigenvalue weighted by atomic mass is 16.5. The quantitative estimate of drug-likeness (QED) is 0.836. The molecule has 7 heteroatoms. The van der Waals surface area contributed by atoms with E-state index < -0.39 is 0 Å². The van der Waals surface area contributed by atoms with E-state index in [0.29, 0.717) is 17.1 Å². The molecule has 1 aliphatic rings. The Morgan fingerprint density at radius 1 is 1.20 bits per heavy atom. The van der Waals surface area contributed by atoms with Crippen molar-refractivity contribution in [1.29, 1.82) is 0 Å². The molecule has 3 rings (SSSR count). The lowest BCUT2D eigenvalue weighted by molar-refractivity contribution is 0.0602. The van der Waals surface area contributed by atoms with Crippen LogP contribution in [0.15, 0.2) is 36.7 Å². The highest BCUT2D eigenvalue weighted by Gasteiger charge is 2.17. The molecule has 1 N–H and O–H groups in total. The van der Waals surface area contributed by atoms with Crippen LogP contribution in [0.3, 0.4) is 0 Å². The molecule has 1 fully saturated rings. The molecule has 0 bridgehead atoms. The van der Waals surface area contributed by atoms with Crippen molar-refractivity contribution in [2.45, 2.75) is 6.92 Å². The predicted octanol–water partition coefficient (Wildman–Crippen LogP) is 2.15. The molecule has 0 aliphatic carbocycles. The smallest absolute Gasteiger partial charge is 0.339 e. The molecule has 0 radical (unpaired) electrons. The molecule has 7 nitrogen and oxygen atoms in total. The van der Waals surface area contributed by atoms with Gasteiger partial charge in [-0.1, -0.05) is 19.1 Å². The highest BCUT2D eigenvalue weighted by Crippen LogP contribution is 2.22. The fourth-order valence-corrected chi connectivity index (χ4v) is 2.90. The number of carbonyl (C=O) groups excluding carboxylic acids is 1. The summed E-state index contributed by atoms with van der Waals surface area (Å²) in [5, 5.41) is 3.20. The number of anilines is 3. The van der Waals surface area contributed by atoms with Crippen LogP contribution in [-0.2, 0) is 4.74 Å². The number of aromatic nitrogens is 2. The summed E-state index contributed by atoms with van der Waals surface area (Å²) in [6, 6.07) is 9.13. The van der Waals surface area contributed by atoms with Crippen molar-refractivity contribution in [2.75, 3.05) is 50.1 Å². The Labute approximate surface area is 147 Å². The van der Waals surface area contributed by atoms with Crippen molar-refractivity contribution < 1.29 is 9.53 Å². The van der Waals surface area contributed by atoms with Crippen LogP contribution in [-0.4, -0.2) is 60.7 Å². The van der Waals surface area contributed by atoms with Gasteiger partial charge in [-0.3, -0.25) is 0 Å². The minimum absolute atomic E-state index is 0.381. The first-order chi connectivity index (χ1) is 12.2. The van der Waals surface area contributed by atoms with Gasteiger partial charge in [0, 0.05) is 32.2 Å². The molecule has 1 aromatic carbocycles. The number of para-hydroxylation sites is 1. The molecular weight excluding hydrogens is 318 g/mol. The van der Waals surface area contributed by atoms with E-state index >= 15 is 0 Å². The standard InChI is InChI=1S/C18H23N5O2/c1-3-22-8-10-23(11-9-22)17-12-16(19-13-20-17)21-15-7-5-4-6-14(15)18(24)25-2/h4-7,12-13H,3,8-11H2,1-2H3,(H,19,20,21). The number of rotatable bonds is 5. The van der Waals surface area contributed by atoms with Crippen LogP contribution in [0, 0.1) is 0 Å². The Balaban J connectivity index is 1.76. The summed E-state index contributed by atoms with van der Waals surface area (Å²) in [6.07, 6.45) is 1.55. The van der Waals surface area contributed by atoms with E-state index in [1.807, 2.05) is 18.2 Å². The number of benzene rings is 1. The minimum Gasteiger partial charge on any atom is -0.465 e. The Bertz CT molecular complexity index is 729. The zero-order valence-electron chi connectivity index (χ0n) is 14.6. The number of hydrogen-bond acceptors (Lipinski definition) is 7. The number of carbonyl (C=O) groups is 1. The first kappa shape index (κ1) is 17.2. The summed E-state index contributed by atoms with van der Waals surface area (Å²) in [5.74, 6) is 1.16. The average Bonchev–Trinajstić information content (AvgIpc) is 2.68. The molecule has 1 aliphatic heterocycles. The van der Waals surface area contributed by atoms with Gasteiger partial charge in [-0.2, -0.15) is 0 Å². The fourth-order valence-electron chi connectivity index (χ4n) is 2.90. The molecular formula is C18H23N5O2. The Hall–Kier alpha value is -2.67. The third kappa shape index (κ3) is 4.06. The minimum atomic E-state index is -0.381. The van der Waals surface area contributed by atoms with Gasteiger partial charge in [0.15, 0.2) is 0 Å². The summed E-state index contributed by atoms with van der Waals surface area (Å²) in [6.45, 7) is 7.23. The van der Waals surface area contributed by atoms with Gasteiger partial charge in [-0.25, -0.2) is 14.8 Å². The van der Waals surface area contributed by atoms with Crippen molar-refractivity contribution in [2.24, 2.45) is 0 Å². The molecule has 1 aromatic heterocycles. The van der Waals surface area contributed by atoms with Crippen LogP contribution in [0.5, 0.6) is 0 Å². The molecule has 25 heavy (non-hydrogen) atoms. The van der Waals surface area contributed by atoms with Crippen molar-refractivity contribution in [1.82, 2.24) is 14.9 Å². The van der Waals surface area contributed by atoms with E-state index in [1.54, 1.807) is 18.5 Å². The van der Waals surface area contributed by atoms with Crippen LogP contribution >= 0.6 is 0 Å². The molecule has 0 unspecified atom stereocenters. The number of likely N-dealkylation sites (N-methyl/N-ethyl adjacent to an activating group) is 1. The van der Waals surface area contributed by atoms with Gasteiger partial charge in [-0.15, -0.1) is 0 Å². The van der Waals surface area contributed by atoms with Gasteiger partial charge in [0.05, 0.1) is 18.4 Å². The predicted molar refractivity (Wildman–Crippen MR) is 97.4 cm³/mol. The molecule has 0 spiro atoms. The summed E-state index contributed by atoms with van der Waals surface area (Å²) in [7, 11) is 1.37. The van der Waals surface area contributed by atoms with Gasteiger partial charge < -0.3 is 19.9 Å². The summed E-state index contributed by atoms with van der Waals surface area (Å²) in [4.78, 5) is 25.2. The number of piperazine rings is 1. The van der Waals surface area contributed by atoms with E-state index in [1.165, 1.54) is 7.11 Å². The van der Waals surface area contributed by atoms with Gasteiger partial charge in [0.2, 0.25) is 0 Å². The largest absolute Gasteiger partial charge is 0.465 e. The Morgan fingerprint density at radius 3 is 2.68 bits per heavy atom. The highest BCUT2D eigenvalue weighted by molar-refractivity contribution is 5.96. The van der Waals surface area contributed by atoms with Gasteiger partial charge in [0.25, 0.3) is 0 Å². The maximum Gasteiger partial charge on any atom is 0.339 e. The topological polar surface area (TPSA) is 70.6 Å². The number of esters is 1. The lowest BCUT2D eigenvalue weighted by atomic mass is 10.2. The van der Waals surface area contributed by atoms with Crippen LogP contribution in [0.25, 0.3) is 0 Å². The number of hydrogen-bond donors (Lipinski definition) is 1. The van der Waals surface area contributed by atoms with Crippen LogP contribution < -0.4 is 10.2 Å². The summed E-state index contributed by atoms with van der Waals surface area (Å²) < 4.78 is 4.83. The van der Waals surface area contributed by atoms with E-state index in [-0.39, 0.29) is 5.97 Å². The van der Waals surface area contributed by atoms with Crippen molar-refractivity contribution >= 4 is 23.3 Å². The number of ether oxygens (including phenoxy) is 1. The Kier molecular flexibility index (Phi) is 5.45. The van der Waals surface area contributed by atoms with E-state index in [0.717, 1.165) is 38.5 Å². The first-order valence-corrected chi connectivity index (χ1v) is 8.45. The normalized spacial score (nSPS) is 15.0. The van der Waals surface area contributed by atoms with Crippen molar-refractivity contribution in [3.63, 3.8) is 0 Å². The van der Waals surface area contributed by atoms with E-state index in [4.69, 9.17) is 4.74 Å². The first-order valence-electron chi connectivity index (χ1n) is 8.45. The maximum atomic E-state index is 11.9. The van der Waals surface area contributed by atoms with Crippen LogP contribution in [0.2, 0.25) is 0 Å². The zero-order valence-corrected chi connectivity index (χ0v) is 14.6. The maximum absolute atomic E-state index is 11.9. The van der Waals surface area contributed by atoms with Crippen molar-refractivity contribution in [3.05, 3.63) is 42.2 Å². The van der Waals surface area contributed by atoms with Gasteiger partial charge in [-0.05, 0) is 18.7 Å². The molecule has 0 amide bonds. The number of nitrogens with one attached hydrogen (secondary N) is 1. The second kappa shape index (κ2) is 7.94. The van der Waals surface area contributed by atoms with Crippen molar-refractivity contribution in [3.8, 4) is 0 Å². The SMILES string of the molecule is CCN1CCN(c2cc(Nc3ccccc3C(=O)OC)ncn2)CC1. The molecule has 0 saturated carbocycles. The lowest BCUT2D eigenvalue weighted by Gasteiger charge is -2.34. The van der Waals surface area contributed by atoms with Crippen LogP contribution in [0.4, 0.5) is 17.3 Å². The molecule has 2 aromatic rings. The third-order valence-electron chi connectivity index (χ3n) is 4.39. The number of methoxy groups -OCH3 is 1. The average molecular weight is 341 g/mol. The van der Waals surface area contributed by atoms with Crippen LogP contribution in [0.1, 0.15) is 17.3 Å². The molecule has 2 heterocycles. The van der Waals surface area contributed by atoms with E-state index in [9.17, 15) is 4.79 Å². The van der Waals surface area contributed by atoms with Gasteiger partial charge >= 0.3 is 5.97 Å². The Morgan fingerprint density at radius 2 is 1.96 bits per heavy atom. The summed E-state index contributed by atoms with van der Waals surface area (Å²) in [5.41, 5.74) is 1.14. The number of nitrogens with zero attached hydrogens (tertiary/aromatic N) is 4. The molecule has 1 saturated heterocycles. The second-order valence-electron chi connectivity index (χ2n) is 5.84. The second-order valence-corrected chi connectivity index (χ2v) is 5.84. The van der Waals surface area contributed by atoms with E-state index in [2.05, 4.69) is 32.0 Å². The monoisotopic (exact) mass is 341 g/mol. The summed E-state index contributed by atoms with van der Waals surface area (Å²) >= 11 is 0.